The Labute approximate surface area is 98.8 Å². The van der Waals surface area contributed by atoms with E-state index in [9.17, 15) is 0 Å². The van der Waals surface area contributed by atoms with Gasteiger partial charge in [0.2, 0.25) is 5.28 Å². The molecule has 2 rings (SSSR count). The zero-order chi connectivity index (χ0) is 15.3. The summed E-state index contributed by atoms with van der Waals surface area (Å²) < 4.78 is 44.1. The van der Waals surface area contributed by atoms with Crippen molar-refractivity contribution in [3.8, 4) is 0 Å². The Morgan fingerprint density at radius 1 is 1.00 bits per heavy atom. The third kappa shape index (κ3) is 1.51. The molecule has 2 aromatic heterocycles. The summed E-state index contributed by atoms with van der Waals surface area (Å²) in [6.45, 7) is -5.51. The Morgan fingerprint density at radius 2 is 1.71 bits per heavy atom. The number of nitrogens with zero attached hydrogens (tertiary/aromatic N) is 4. The zero-order valence-corrected chi connectivity index (χ0v) is 8.06. The van der Waals surface area contributed by atoms with Gasteiger partial charge in [-0.2, -0.15) is 4.98 Å². The number of halogens is 2. The fourth-order valence-corrected chi connectivity index (χ4v) is 1.30. The highest BCUT2D eigenvalue weighted by Crippen LogP contribution is 2.19. The average molecular weight is 235 g/mol. The van der Waals surface area contributed by atoms with Crippen molar-refractivity contribution in [2.45, 2.75) is 13.7 Å². The zero-order valence-electron chi connectivity index (χ0n) is 12.5. The van der Waals surface area contributed by atoms with E-state index in [1.54, 1.807) is 0 Å². The third-order valence-electron chi connectivity index (χ3n) is 1.46. The average Bonchev–Trinajstić information content (AvgIpc) is 2.24. The summed E-state index contributed by atoms with van der Waals surface area (Å²) >= 11 is 11.4. The summed E-state index contributed by atoms with van der Waals surface area (Å²) in [5.41, 5.74) is -1.60. The summed E-state index contributed by atoms with van der Waals surface area (Å²) in [6, 6.07) is 0. The van der Waals surface area contributed by atoms with Crippen LogP contribution in [0.1, 0.15) is 19.6 Å². The quantitative estimate of drug-likeness (QED) is 0.519. The smallest absolute Gasteiger partial charge is 0.225 e. The summed E-state index contributed by atoms with van der Waals surface area (Å²) in [5, 5.41) is -0.440. The van der Waals surface area contributed by atoms with Crippen LogP contribution in [0.3, 0.4) is 0 Å². The van der Waals surface area contributed by atoms with E-state index in [2.05, 4.69) is 19.9 Å². The second kappa shape index (κ2) is 3.29. The van der Waals surface area contributed by atoms with Gasteiger partial charge in [-0.1, -0.05) is 11.6 Å². The van der Waals surface area contributed by atoms with E-state index in [1.165, 1.54) is 0 Å². The first-order valence-electron chi connectivity index (χ1n) is 6.42. The van der Waals surface area contributed by atoms with Gasteiger partial charge in [0.05, 0.1) is 11.4 Å². The van der Waals surface area contributed by atoms with Gasteiger partial charge in [0.1, 0.15) is 5.52 Å². The second-order valence-electron chi connectivity index (χ2n) is 2.38. The molecular formula is C8H6Cl2N4. The van der Waals surface area contributed by atoms with E-state index in [-0.39, 0.29) is 21.6 Å². The SMILES string of the molecule is [2H]C([2H])([2H])c1nc2nc(Cl)nc(Cl)c2nc1C([2H])([2H])[2H]. The van der Waals surface area contributed by atoms with Crippen LogP contribution in [0.4, 0.5) is 0 Å². The van der Waals surface area contributed by atoms with Crippen molar-refractivity contribution in [2.24, 2.45) is 0 Å². The Bertz CT molecular complexity index is 683. The molecule has 2 heterocycles. The maximum atomic E-state index is 7.35. The highest BCUT2D eigenvalue weighted by molar-refractivity contribution is 6.35. The molecule has 0 bridgehead atoms. The third-order valence-corrected chi connectivity index (χ3v) is 1.89. The predicted molar refractivity (Wildman–Crippen MR) is 54.6 cm³/mol. The fraction of sp³-hybridized carbons (Fsp3) is 0.250. The fourth-order valence-electron chi connectivity index (χ4n) is 0.889. The molecule has 0 aromatic carbocycles. The number of rotatable bonds is 0. The molecule has 0 saturated heterocycles. The highest BCUT2D eigenvalue weighted by atomic mass is 35.5. The van der Waals surface area contributed by atoms with Crippen LogP contribution in [0.2, 0.25) is 10.4 Å². The minimum Gasteiger partial charge on any atom is -0.245 e. The monoisotopic (exact) mass is 234 g/mol. The summed E-state index contributed by atoms with van der Waals surface area (Å²) in [5.74, 6) is 0. The maximum Gasteiger partial charge on any atom is 0.225 e. The van der Waals surface area contributed by atoms with Gasteiger partial charge in [-0.3, -0.25) is 0 Å². The lowest BCUT2D eigenvalue weighted by Crippen LogP contribution is -1.97. The molecule has 0 amide bonds. The molecule has 72 valence electrons. The number of hydrogen-bond acceptors (Lipinski definition) is 4. The minimum absolute atomic E-state index is 0.116. The van der Waals surface area contributed by atoms with Crippen molar-refractivity contribution in [3.63, 3.8) is 0 Å². The number of hydrogen-bond donors (Lipinski definition) is 0. The van der Waals surface area contributed by atoms with Crippen LogP contribution in [0.25, 0.3) is 11.2 Å². The van der Waals surface area contributed by atoms with Crippen LogP contribution < -0.4 is 0 Å². The molecule has 0 saturated carbocycles. The van der Waals surface area contributed by atoms with Gasteiger partial charge >= 0.3 is 0 Å². The van der Waals surface area contributed by atoms with E-state index in [0.29, 0.717) is 0 Å². The van der Waals surface area contributed by atoms with Gasteiger partial charge in [-0.05, 0) is 25.3 Å². The molecule has 2 aromatic rings. The topological polar surface area (TPSA) is 51.6 Å². The molecule has 14 heavy (non-hydrogen) atoms. The Kier molecular flexibility index (Phi) is 1.10. The van der Waals surface area contributed by atoms with Crippen LogP contribution in [-0.2, 0) is 0 Å². The Hall–Kier alpha value is -1.00. The molecule has 6 heteroatoms. The van der Waals surface area contributed by atoms with Gasteiger partial charge in [-0.25, -0.2) is 15.0 Å². The van der Waals surface area contributed by atoms with Gasteiger partial charge in [0.15, 0.2) is 10.8 Å². The van der Waals surface area contributed by atoms with Crippen molar-refractivity contribution >= 4 is 34.4 Å². The van der Waals surface area contributed by atoms with Crippen LogP contribution in [0.5, 0.6) is 0 Å². The Balaban J connectivity index is 2.89. The molecule has 0 spiro atoms. The molecule has 0 N–H and O–H groups in total. The maximum absolute atomic E-state index is 7.35. The van der Waals surface area contributed by atoms with Gasteiger partial charge in [-0.15, -0.1) is 0 Å². The molecule has 0 aliphatic rings. The molecule has 0 aliphatic heterocycles. The summed E-state index contributed by atoms with van der Waals surface area (Å²) in [7, 11) is 0. The van der Waals surface area contributed by atoms with Gasteiger partial charge in [0.25, 0.3) is 0 Å². The number of aromatic nitrogens is 4. The molecule has 0 fully saturated rings. The highest BCUT2D eigenvalue weighted by Gasteiger charge is 2.08. The van der Waals surface area contributed by atoms with E-state index >= 15 is 0 Å². The van der Waals surface area contributed by atoms with E-state index in [4.69, 9.17) is 31.4 Å². The second-order valence-corrected chi connectivity index (χ2v) is 3.07. The summed E-state index contributed by atoms with van der Waals surface area (Å²) in [6.07, 6.45) is 0. The van der Waals surface area contributed by atoms with Crippen molar-refractivity contribution in [1.29, 1.82) is 0 Å². The molecule has 0 atom stereocenters. The van der Waals surface area contributed by atoms with Crippen LogP contribution in [-0.4, -0.2) is 19.9 Å². The minimum atomic E-state index is -2.76. The van der Waals surface area contributed by atoms with E-state index in [0.717, 1.165) is 0 Å². The lowest BCUT2D eigenvalue weighted by Gasteiger charge is -2.02. The molecule has 0 aliphatic carbocycles. The predicted octanol–water partition coefficient (Wildman–Crippen LogP) is 2.34. The van der Waals surface area contributed by atoms with E-state index in [1.807, 2.05) is 0 Å². The number of aryl methyl sites for hydroxylation is 2. The normalized spacial score (nSPS) is 19.0. The lowest BCUT2D eigenvalue weighted by molar-refractivity contribution is 1.06. The van der Waals surface area contributed by atoms with E-state index < -0.39 is 25.1 Å². The number of fused-ring (bicyclic) bond motifs is 1. The van der Waals surface area contributed by atoms with Crippen molar-refractivity contribution in [3.05, 3.63) is 21.8 Å². The first-order valence-corrected chi connectivity index (χ1v) is 4.17. The lowest BCUT2D eigenvalue weighted by atomic mass is 10.3. The summed E-state index contributed by atoms with van der Waals surface area (Å²) in [4.78, 5) is 14.8. The van der Waals surface area contributed by atoms with Crippen LogP contribution in [0, 0.1) is 13.7 Å². The van der Waals surface area contributed by atoms with Crippen LogP contribution in [0.15, 0.2) is 0 Å². The largest absolute Gasteiger partial charge is 0.245 e. The van der Waals surface area contributed by atoms with Crippen LogP contribution >= 0.6 is 23.2 Å². The van der Waals surface area contributed by atoms with Gasteiger partial charge in [0, 0.05) is 8.22 Å². The van der Waals surface area contributed by atoms with Crippen molar-refractivity contribution < 1.29 is 8.22 Å². The van der Waals surface area contributed by atoms with Gasteiger partial charge < -0.3 is 0 Å². The van der Waals surface area contributed by atoms with Crippen molar-refractivity contribution in [2.75, 3.05) is 0 Å². The van der Waals surface area contributed by atoms with Crippen molar-refractivity contribution in [1.82, 2.24) is 19.9 Å². The molecule has 4 nitrogen and oxygen atoms in total. The first-order chi connectivity index (χ1) is 9.00. The first kappa shape index (κ1) is 4.68. The standard InChI is InChI=1S/C8H6Cl2N4/c1-3-4(2)12-7-5(11-3)6(9)13-8(10)14-7/h1-2H3/i1D3,2D3. The Morgan fingerprint density at radius 3 is 2.43 bits per heavy atom. The molecular weight excluding hydrogens is 223 g/mol. The molecule has 0 radical (unpaired) electrons. The molecule has 0 unspecified atom stereocenters.